The normalized spacial score (nSPS) is 25.0. The van der Waals surface area contributed by atoms with Crippen LogP contribution in [0.15, 0.2) is 24.3 Å². The van der Waals surface area contributed by atoms with E-state index in [2.05, 4.69) is 0 Å². The lowest BCUT2D eigenvalue weighted by Crippen LogP contribution is -2.37. The van der Waals surface area contributed by atoms with Crippen molar-refractivity contribution in [2.45, 2.75) is 26.2 Å². The van der Waals surface area contributed by atoms with E-state index in [-0.39, 0.29) is 29.1 Å². The number of carboxylic acid groups (broad SMARTS) is 1. The highest BCUT2D eigenvalue weighted by Crippen LogP contribution is 2.49. The second-order valence-corrected chi connectivity index (χ2v) is 9.42. The number of unbranched alkanes of at least 4 members (excludes halogenated alkanes) is 1. The topological polar surface area (TPSA) is 89.9 Å². The van der Waals surface area contributed by atoms with Crippen LogP contribution in [0.1, 0.15) is 36.5 Å². The Labute approximate surface area is 190 Å². The van der Waals surface area contributed by atoms with Gasteiger partial charge in [0.1, 0.15) is 5.56 Å². The number of esters is 2. The first-order valence-corrected chi connectivity index (χ1v) is 11.3. The van der Waals surface area contributed by atoms with Gasteiger partial charge in [-0.05, 0) is 82.0 Å². The predicted molar refractivity (Wildman–Crippen MR) is 118 cm³/mol. The van der Waals surface area contributed by atoms with Crippen LogP contribution in [-0.4, -0.2) is 29.6 Å². The van der Waals surface area contributed by atoms with Crippen LogP contribution in [0.4, 0.5) is 0 Å². The van der Waals surface area contributed by atoms with Gasteiger partial charge in [-0.15, -0.1) is 0 Å². The molecule has 150 valence electrons. The molecule has 1 fully saturated rings. The highest BCUT2D eigenvalue weighted by molar-refractivity contribution is 14.1. The van der Waals surface area contributed by atoms with Gasteiger partial charge < -0.3 is 14.6 Å². The Morgan fingerprint density at radius 1 is 1.11 bits per heavy atom. The van der Waals surface area contributed by atoms with Crippen LogP contribution < -0.4 is 4.74 Å². The van der Waals surface area contributed by atoms with Crippen molar-refractivity contribution in [3.63, 3.8) is 0 Å². The Morgan fingerprint density at radius 3 is 2.36 bits per heavy atom. The number of aromatic carboxylic acids is 1. The van der Waals surface area contributed by atoms with Gasteiger partial charge in [0.25, 0.3) is 0 Å². The summed E-state index contributed by atoms with van der Waals surface area (Å²) in [5, 5.41) is 9.48. The van der Waals surface area contributed by atoms with E-state index in [1.807, 2.05) is 64.3 Å². The number of hydrogen-bond acceptors (Lipinski definition) is 5. The maximum absolute atomic E-state index is 13.0. The van der Waals surface area contributed by atoms with Gasteiger partial charge in [0.15, 0.2) is 5.75 Å². The molecular weight excluding hydrogens is 590 g/mol. The lowest BCUT2D eigenvalue weighted by Gasteiger charge is -2.25. The number of fused-ring (bicyclic) bond motifs is 2. The largest absolute Gasteiger partial charge is 0.478 e. The molecule has 0 amide bonds. The third kappa shape index (κ3) is 4.37. The van der Waals surface area contributed by atoms with Crippen molar-refractivity contribution in [1.29, 1.82) is 0 Å². The van der Waals surface area contributed by atoms with Gasteiger partial charge in [0.2, 0.25) is 0 Å². The monoisotopic (exact) mass is 610 g/mol. The SMILES string of the molecule is CCCCOC(=O)C1C2C=CC(C2)C1C(=O)Oc1c(I)cc(I)cc1C(=O)O. The minimum Gasteiger partial charge on any atom is -0.478 e. The first-order chi connectivity index (χ1) is 13.3. The van der Waals surface area contributed by atoms with Crippen LogP contribution >= 0.6 is 45.2 Å². The quantitative estimate of drug-likeness (QED) is 0.163. The minimum atomic E-state index is -1.16. The van der Waals surface area contributed by atoms with E-state index in [4.69, 9.17) is 9.47 Å². The molecule has 0 aliphatic heterocycles. The summed E-state index contributed by atoms with van der Waals surface area (Å²) in [6.07, 6.45) is 6.32. The standard InChI is InChI=1S/C20H20I2O6/c1-2-3-6-27-19(25)15-10-4-5-11(7-10)16(15)20(26)28-17-13(18(23)24)8-12(21)9-14(17)22/h4-5,8-11,15-16H,2-3,6-7H2,1H3,(H,23,24). The summed E-state index contributed by atoms with van der Waals surface area (Å²) in [4.78, 5) is 37.2. The van der Waals surface area contributed by atoms with Crippen molar-refractivity contribution < 1.29 is 29.0 Å². The molecule has 1 N–H and O–H groups in total. The van der Waals surface area contributed by atoms with Crippen LogP contribution in [0.3, 0.4) is 0 Å². The zero-order valence-corrected chi connectivity index (χ0v) is 19.5. The summed E-state index contributed by atoms with van der Waals surface area (Å²) in [7, 11) is 0. The molecule has 0 aromatic heterocycles. The predicted octanol–water partition coefficient (Wildman–Crippen LogP) is 4.28. The molecule has 0 heterocycles. The van der Waals surface area contributed by atoms with Crippen LogP contribution in [0.2, 0.25) is 0 Å². The maximum Gasteiger partial charge on any atom is 0.339 e. The summed E-state index contributed by atoms with van der Waals surface area (Å²) in [5.41, 5.74) is -0.0644. The number of carboxylic acids is 1. The third-order valence-electron chi connectivity index (χ3n) is 5.19. The lowest BCUT2D eigenvalue weighted by atomic mass is 9.83. The number of allylic oxidation sites excluding steroid dienone is 2. The number of ether oxygens (including phenoxy) is 2. The Balaban J connectivity index is 1.83. The summed E-state index contributed by atoms with van der Waals surface area (Å²) in [6, 6.07) is 3.21. The molecule has 0 spiro atoms. The molecule has 28 heavy (non-hydrogen) atoms. The minimum absolute atomic E-state index is 0.0309. The molecule has 6 nitrogen and oxygen atoms in total. The van der Waals surface area contributed by atoms with Crippen molar-refractivity contribution in [2.24, 2.45) is 23.7 Å². The second-order valence-electron chi connectivity index (χ2n) is 7.01. The summed E-state index contributed by atoms with van der Waals surface area (Å²) in [6.45, 7) is 2.35. The number of hydrogen-bond donors (Lipinski definition) is 1. The van der Waals surface area contributed by atoms with Gasteiger partial charge in [-0.1, -0.05) is 25.5 Å². The Kier molecular flexibility index (Phi) is 7.00. The number of rotatable bonds is 7. The number of benzene rings is 1. The van der Waals surface area contributed by atoms with E-state index in [0.717, 1.165) is 16.4 Å². The van der Waals surface area contributed by atoms with Crippen molar-refractivity contribution in [1.82, 2.24) is 0 Å². The van der Waals surface area contributed by atoms with Gasteiger partial charge >= 0.3 is 17.9 Å². The Morgan fingerprint density at radius 2 is 1.75 bits per heavy atom. The van der Waals surface area contributed by atoms with Gasteiger partial charge in [0, 0.05) is 3.57 Å². The molecule has 2 bridgehead atoms. The first-order valence-electron chi connectivity index (χ1n) is 9.12. The molecule has 1 aromatic rings. The van der Waals surface area contributed by atoms with E-state index in [9.17, 15) is 19.5 Å². The highest BCUT2D eigenvalue weighted by atomic mass is 127. The van der Waals surface area contributed by atoms with Crippen molar-refractivity contribution in [2.75, 3.05) is 6.61 Å². The van der Waals surface area contributed by atoms with E-state index < -0.39 is 23.8 Å². The zero-order chi connectivity index (χ0) is 20.4. The molecule has 4 unspecified atom stereocenters. The molecule has 1 aromatic carbocycles. The number of halogens is 2. The average Bonchev–Trinajstić information content (AvgIpc) is 3.24. The molecule has 4 atom stereocenters. The van der Waals surface area contributed by atoms with Crippen LogP contribution in [0.25, 0.3) is 0 Å². The number of carbonyl (C=O) groups excluding carboxylic acids is 2. The van der Waals surface area contributed by atoms with E-state index in [1.54, 1.807) is 6.07 Å². The molecule has 8 heteroatoms. The lowest BCUT2D eigenvalue weighted by molar-refractivity contribution is -0.157. The highest BCUT2D eigenvalue weighted by Gasteiger charge is 2.53. The molecule has 2 aliphatic rings. The molecule has 3 rings (SSSR count). The summed E-state index contributed by atoms with van der Waals surface area (Å²) < 4.78 is 12.2. The molecule has 2 aliphatic carbocycles. The van der Waals surface area contributed by atoms with Gasteiger partial charge in [-0.3, -0.25) is 9.59 Å². The third-order valence-corrected chi connectivity index (χ3v) is 6.61. The van der Waals surface area contributed by atoms with Crippen LogP contribution in [-0.2, 0) is 14.3 Å². The summed E-state index contributed by atoms with van der Waals surface area (Å²) in [5.74, 6) is -3.43. The van der Waals surface area contributed by atoms with Gasteiger partial charge in [-0.25, -0.2) is 4.79 Å². The zero-order valence-electron chi connectivity index (χ0n) is 15.2. The van der Waals surface area contributed by atoms with Crippen LogP contribution in [0, 0.1) is 30.8 Å². The fourth-order valence-electron chi connectivity index (χ4n) is 3.87. The fraction of sp³-hybridized carbons (Fsp3) is 0.450. The average molecular weight is 610 g/mol. The van der Waals surface area contributed by atoms with Crippen molar-refractivity contribution >= 4 is 63.1 Å². The van der Waals surface area contributed by atoms with Crippen molar-refractivity contribution in [3.05, 3.63) is 37.0 Å². The van der Waals surface area contributed by atoms with E-state index >= 15 is 0 Å². The Bertz CT molecular complexity index is 834. The smallest absolute Gasteiger partial charge is 0.339 e. The Hall–Kier alpha value is -1.17. The molecular formula is C20H20I2O6. The first kappa shape index (κ1) is 21.5. The maximum atomic E-state index is 13.0. The molecule has 0 saturated heterocycles. The molecule has 0 radical (unpaired) electrons. The van der Waals surface area contributed by atoms with Gasteiger partial charge in [-0.2, -0.15) is 0 Å². The van der Waals surface area contributed by atoms with Crippen molar-refractivity contribution in [3.8, 4) is 5.75 Å². The van der Waals surface area contributed by atoms with E-state index in [0.29, 0.717) is 16.6 Å². The number of carbonyl (C=O) groups is 3. The van der Waals surface area contributed by atoms with Crippen LogP contribution in [0.5, 0.6) is 5.75 Å². The second kappa shape index (κ2) is 9.10. The van der Waals surface area contributed by atoms with Gasteiger partial charge in [0.05, 0.1) is 22.0 Å². The molecule has 1 saturated carbocycles. The van der Waals surface area contributed by atoms with E-state index in [1.165, 1.54) is 6.07 Å². The summed E-state index contributed by atoms with van der Waals surface area (Å²) >= 11 is 3.97. The fourth-order valence-corrected chi connectivity index (χ4v) is 5.82.